The van der Waals surface area contributed by atoms with Gasteiger partial charge >= 0.3 is 5.97 Å². The van der Waals surface area contributed by atoms with E-state index in [-0.39, 0.29) is 25.8 Å². The van der Waals surface area contributed by atoms with Gasteiger partial charge in [0.25, 0.3) is 5.91 Å². The number of hydrogen-bond acceptors (Lipinski definition) is 5. The van der Waals surface area contributed by atoms with E-state index in [1.54, 1.807) is 0 Å². The minimum atomic E-state index is -1.11. The van der Waals surface area contributed by atoms with Gasteiger partial charge in [-0.1, -0.05) is 0 Å². The van der Waals surface area contributed by atoms with Crippen LogP contribution in [0.3, 0.4) is 0 Å². The van der Waals surface area contributed by atoms with E-state index in [9.17, 15) is 19.5 Å². The molecule has 0 aromatic rings. The van der Waals surface area contributed by atoms with Crippen molar-refractivity contribution >= 4 is 17.8 Å². The highest BCUT2D eigenvalue weighted by Crippen LogP contribution is 2.25. The maximum absolute atomic E-state index is 12.2. The third-order valence-corrected chi connectivity index (χ3v) is 3.46. The maximum Gasteiger partial charge on any atom is 0.332 e. The highest BCUT2D eigenvalue weighted by atomic mass is 16.5. The van der Waals surface area contributed by atoms with Crippen molar-refractivity contribution in [3.63, 3.8) is 0 Å². The second-order valence-electron chi connectivity index (χ2n) is 4.83. The Morgan fingerprint density at radius 2 is 1.84 bits per heavy atom. The summed E-state index contributed by atoms with van der Waals surface area (Å²) in [5.74, 6) is -2.27. The fourth-order valence-corrected chi connectivity index (χ4v) is 2.51. The molecule has 0 aromatic heterocycles. The average Bonchev–Trinajstić information content (AvgIpc) is 2.94. The highest BCUT2D eigenvalue weighted by Gasteiger charge is 2.43. The first-order valence-electron chi connectivity index (χ1n) is 6.06. The van der Waals surface area contributed by atoms with E-state index in [1.165, 1.54) is 4.90 Å². The molecule has 4 atom stereocenters. The lowest BCUT2D eigenvalue weighted by Crippen LogP contribution is -2.48. The molecule has 0 bridgehead atoms. The monoisotopic (exact) mass is 272 g/mol. The van der Waals surface area contributed by atoms with Crippen LogP contribution in [0.5, 0.6) is 0 Å². The summed E-state index contributed by atoms with van der Waals surface area (Å²) in [4.78, 5) is 35.3. The standard InChI is InChI=1S/C11H16N2O6/c12-9(15)6-3-5(14)4-13(6)10(16)7-1-2-8(19-7)11(17)18/h5-8,14H,1-4H2,(H2,12,15)(H,17,18)/t5?,6?,7-,8+/m0/s1. The molecule has 2 aliphatic rings. The quantitative estimate of drug-likeness (QED) is 0.548. The van der Waals surface area contributed by atoms with Crippen molar-refractivity contribution in [3.05, 3.63) is 0 Å². The summed E-state index contributed by atoms with van der Waals surface area (Å²) in [5, 5.41) is 18.3. The van der Waals surface area contributed by atoms with Gasteiger partial charge in [0.05, 0.1) is 6.10 Å². The molecule has 2 aliphatic heterocycles. The zero-order chi connectivity index (χ0) is 14.2. The van der Waals surface area contributed by atoms with E-state index in [0.717, 1.165) is 0 Å². The first-order valence-corrected chi connectivity index (χ1v) is 6.06. The van der Waals surface area contributed by atoms with E-state index >= 15 is 0 Å². The predicted octanol–water partition coefficient (Wildman–Crippen LogP) is -1.93. The Labute approximate surface area is 109 Å². The molecule has 0 aromatic carbocycles. The number of aliphatic hydroxyl groups excluding tert-OH is 1. The molecule has 8 nitrogen and oxygen atoms in total. The number of aliphatic carboxylic acids is 1. The van der Waals surface area contributed by atoms with E-state index in [2.05, 4.69) is 0 Å². The van der Waals surface area contributed by atoms with Gasteiger partial charge in [0.2, 0.25) is 5.91 Å². The number of nitrogens with zero attached hydrogens (tertiary/aromatic N) is 1. The minimum absolute atomic E-state index is 0.0179. The number of carboxylic acid groups (broad SMARTS) is 1. The fourth-order valence-electron chi connectivity index (χ4n) is 2.51. The maximum atomic E-state index is 12.2. The second kappa shape index (κ2) is 5.14. The van der Waals surface area contributed by atoms with Gasteiger partial charge in [-0.15, -0.1) is 0 Å². The molecule has 2 saturated heterocycles. The number of ether oxygens (including phenoxy) is 1. The van der Waals surface area contributed by atoms with Crippen LogP contribution in [-0.4, -0.2) is 63.8 Å². The SMILES string of the molecule is NC(=O)C1CC(O)CN1C(=O)[C@@H]1CC[C@H](C(=O)O)O1. The zero-order valence-corrected chi connectivity index (χ0v) is 10.2. The predicted molar refractivity (Wildman–Crippen MR) is 60.9 cm³/mol. The molecule has 0 aliphatic carbocycles. The Bertz CT molecular complexity index is 412. The van der Waals surface area contributed by atoms with Crippen LogP contribution in [0.1, 0.15) is 19.3 Å². The van der Waals surface area contributed by atoms with Crippen LogP contribution in [0.25, 0.3) is 0 Å². The molecule has 8 heteroatoms. The molecule has 2 unspecified atom stereocenters. The number of carbonyl (C=O) groups excluding carboxylic acids is 2. The smallest absolute Gasteiger partial charge is 0.332 e. The number of rotatable bonds is 3. The fraction of sp³-hybridized carbons (Fsp3) is 0.727. The summed E-state index contributed by atoms with van der Waals surface area (Å²) in [6.45, 7) is 0.0179. The van der Waals surface area contributed by atoms with Crippen molar-refractivity contribution in [1.82, 2.24) is 4.90 Å². The molecule has 19 heavy (non-hydrogen) atoms. The van der Waals surface area contributed by atoms with E-state index in [4.69, 9.17) is 15.6 Å². The van der Waals surface area contributed by atoms with Crippen LogP contribution in [0, 0.1) is 0 Å². The van der Waals surface area contributed by atoms with Crippen LogP contribution in [0.4, 0.5) is 0 Å². The molecule has 0 saturated carbocycles. The molecule has 2 fully saturated rings. The summed E-state index contributed by atoms with van der Waals surface area (Å²) in [7, 11) is 0. The van der Waals surface area contributed by atoms with Crippen LogP contribution in [-0.2, 0) is 19.1 Å². The van der Waals surface area contributed by atoms with Gasteiger partial charge in [0, 0.05) is 13.0 Å². The van der Waals surface area contributed by atoms with Crippen molar-refractivity contribution in [3.8, 4) is 0 Å². The summed E-state index contributed by atoms with van der Waals surface area (Å²) >= 11 is 0. The van der Waals surface area contributed by atoms with Gasteiger partial charge in [0.1, 0.15) is 12.1 Å². The number of nitrogens with two attached hydrogens (primary N) is 1. The third-order valence-electron chi connectivity index (χ3n) is 3.46. The zero-order valence-electron chi connectivity index (χ0n) is 10.2. The number of carbonyl (C=O) groups is 3. The lowest BCUT2D eigenvalue weighted by Gasteiger charge is -2.24. The lowest BCUT2D eigenvalue weighted by molar-refractivity contribution is -0.156. The first-order chi connectivity index (χ1) is 8.90. The molecule has 0 radical (unpaired) electrons. The normalized spacial score (nSPS) is 34.5. The number of amides is 2. The molecule has 2 rings (SSSR count). The van der Waals surface area contributed by atoms with E-state index in [0.29, 0.717) is 0 Å². The molecule has 4 N–H and O–H groups in total. The van der Waals surface area contributed by atoms with Crippen LogP contribution < -0.4 is 5.73 Å². The summed E-state index contributed by atoms with van der Waals surface area (Å²) in [6.07, 6.45) is -2.02. The van der Waals surface area contributed by atoms with Crippen LogP contribution in [0.2, 0.25) is 0 Å². The molecule has 2 heterocycles. The molecule has 0 spiro atoms. The Kier molecular flexibility index (Phi) is 3.72. The van der Waals surface area contributed by atoms with Gasteiger partial charge in [-0.3, -0.25) is 9.59 Å². The molecule has 2 amide bonds. The van der Waals surface area contributed by atoms with Gasteiger partial charge in [-0.05, 0) is 12.8 Å². The molecular formula is C11H16N2O6. The molecule has 106 valence electrons. The topological polar surface area (TPSA) is 130 Å². The van der Waals surface area contributed by atoms with Crippen molar-refractivity contribution in [2.45, 2.75) is 43.6 Å². The second-order valence-corrected chi connectivity index (χ2v) is 4.83. The number of β-amino-alcohol motifs (C(OH)–C–C–N with tert-alkyl or cyclic N) is 1. The number of primary amides is 1. The third kappa shape index (κ3) is 2.69. The number of likely N-dealkylation sites (tertiary alicyclic amines) is 1. The van der Waals surface area contributed by atoms with E-state index in [1.807, 2.05) is 0 Å². The summed E-state index contributed by atoms with van der Waals surface area (Å²) in [5.41, 5.74) is 5.18. The number of aliphatic hydroxyl groups is 1. The summed E-state index contributed by atoms with van der Waals surface area (Å²) < 4.78 is 5.14. The van der Waals surface area contributed by atoms with Gasteiger partial charge in [0.15, 0.2) is 6.10 Å². The average molecular weight is 272 g/mol. The van der Waals surface area contributed by atoms with Crippen molar-refractivity contribution in [2.24, 2.45) is 5.73 Å². The summed E-state index contributed by atoms with van der Waals surface area (Å²) in [6, 6.07) is -0.852. The van der Waals surface area contributed by atoms with Crippen molar-refractivity contribution in [2.75, 3.05) is 6.54 Å². The Hall–Kier alpha value is -1.67. The highest BCUT2D eigenvalue weighted by molar-refractivity contribution is 5.89. The Morgan fingerprint density at radius 1 is 1.21 bits per heavy atom. The van der Waals surface area contributed by atoms with Crippen LogP contribution >= 0.6 is 0 Å². The minimum Gasteiger partial charge on any atom is -0.479 e. The Balaban J connectivity index is 2.03. The van der Waals surface area contributed by atoms with Crippen molar-refractivity contribution < 1.29 is 29.3 Å². The lowest BCUT2D eigenvalue weighted by atomic mass is 10.1. The molecular weight excluding hydrogens is 256 g/mol. The first kappa shape index (κ1) is 13.8. The number of carboxylic acids is 1. The Morgan fingerprint density at radius 3 is 2.37 bits per heavy atom. The van der Waals surface area contributed by atoms with E-state index < -0.39 is 42.1 Å². The number of hydrogen-bond donors (Lipinski definition) is 3. The van der Waals surface area contributed by atoms with Gasteiger partial charge in [-0.2, -0.15) is 0 Å². The van der Waals surface area contributed by atoms with Gasteiger partial charge < -0.3 is 25.6 Å². The van der Waals surface area contributed by atoms with Gasteiger partial charge in [-0.25, -0.2) is 4.79 Å². The largest absolute Gasteiger partial charge is 0.479 e. The van der Waals surface area contributed by atoms with Crippen molar-refractivity contribution in [1.29, 1.82) is 0 Å². The van der Waals surface area contributed by atoms with Crippen LogP contribution in [0.15, 0.2) is 0 Å².